The molecule has 0 spiro atoms. The molecule has 1 saturated heterocycles. The topological polar surface area (TPSA) is 224 Å². The molecule has 0 bridgehead atoms. The molecule has 15 heteroatoms. The van der Waals surface area contributed by atoms with Gasteiger partial charge in [0.05, 0.1) is 6.61 Å². The Hall–Kier alpha value is -1.90. The number of nitrogen functional groups attached to an aromatic ring is 1. The molecule has 0 aliphatic carbocycles. The number of hydrogen-bond acceptors (Lipinski definition) is 11. The van der Waals surface area contributed by atoms with Gasteiger partial charge in [0, 0.05) is 6.54 Å². The number of aromatic nitrogens is 4. The summed E-state index contributed by atoms with van der Waals surface area (Å²) in [6, 6.07) is 0. The zero-order valence-electron chi connectivity index (χ0n) is 16.7. The summed E-state index contributed by atoms with van der Waals surface area (Å²) in [5.41, 5.74) is 12.0. The van der Waals surface area contributed by atoms with Gasteiger partial charge >= 0.3 is 7.82 Å². The van der Waals surface area contributed by atoms with Gasteiger partial charge < -0.3 is 41.5 Å². The molecule has 31 heavy (non-hydrogen) atoms. The van der Waals surface area contributed by atoms with Gasteiger partial charge in [-0.05, 0) is 19.4 Å². The van der Waals surface area contributed by atoms with E-state index in [-0.39, 0.29) is 17.0 Å². The molecule has 4 unspecified atom stereocenters. The van der Waals surface area contributed by atoms with Crippen LogP contribution in [0.1, 0.15) is 31.9 Å². The maximum absolute atomic E-state index is 11.0. The zero-order valence-corrected chi connectivity index (χ0v) is 17.6. The highest BCUT2D eigenvalue weighted by Gasteiger charge is 2.46. The number of nitrogens with one attached hydrogen (secondary N) is 1. The molecule has 0 radical (unpaired) electrons. The number of phosphoric acid groups is 1. The van der Waals surface area contributed by atoms with Gasteiger partial charge in [-0.1, -0.05) is 12.8 Å². The van der Waals surface area contributed by atoms with E-state index in [9.17, 15) is 14.8 Å². The Labute approximate surface area is 177 Å². The highest BCUT2D eigenvalue weighted by atomic mass is 31.2. The molecule has 0 amide bonds. The highest BCUT2D eigenvalue weighted by molar-refractivity contribution is 7.46. The molecule has 9 N–H and O–H groups in total. The predicted molar refractivity (Wildman–Crippen MR) is 110 cm³/mol. The van der Waals surface area contributed by atoms with Crippen LogP contribution in [0.3, 0.4) is 0 Å². The van der Waals surface area contributed by atoms with Crippen LogP contribution < -0.4 is 16.8 Å². The van der Waals surface area contributed by atoms with Crippen molar-refractivity contribution in [3.05, 3.63) is 6.33 Å². The molecular weight excluding hydrogens is 433 g/mol. The Balaban J connectivity index is 1.82. The number of aliphatic hydroxyl groups is 2. The number of unbranched alkanes of at least 4 members (excludes halogenated alkanes) is 3. The lowest BCUT2D eigenvalue weighted by atomic mass is 10.1. The van der Waals surface area contributed by atoms with Crippen LogP contribution in [0.15, 0.2) is 6.33 Å². The molecule has 14 nitrogen and oxygen atoms in total. The second-order valence-corrected chi connectivity index (χ2v) is 8.44. The van der Waals surface area contributed by atoms with Crippen LogP contribution in [-0.2, 0) is 13.8 Å². The lowest BCUT2D eigenvalue weighted by Gasteiger charge is -2.19. The van der Waals surface area contributed by atoms with Crippen molar-refractivity contribution in [2.45, 2.75) is 50.2 Å². The third-order valence-corrected chi connectivity index (χ3v) is 5.40. The molecule has 3 heterocycles. The fourth-order valence-corrected chi connectivity index (χ4v) is 3.71. The molecule has 4 atom stereocenters. The number of imidazole rings is 1. The standard InChI is InChI=1S/C16H28N7O7P/c17-5-3-1-2-4-6-19-16-22-10-13(18)20-8-21-14(10)23(16)15-12(25)11(24)9(30-15)7-29-31(26,27)28/h8-9,11-12,15,24-25H,1-7,17H2,(H,19,22)(H2,18,20,21)(H2,26,27,28). The van der Waals surface area contributed by atoms with Crippen LogP contribution in [0.4, 0.5) is 11.8 Å². The first-order valence-electron chi connectivity index (χ1n) is 9.87. The Kier molecular flexibility index (Phi) is 7.78. The minimum Gasteiger partial charge on any atom is -0.387 e. The minimum atomic E-state index is -4.78. The van der Waals surface area contributed by atoms with Crippen LogP contribution in [0.5, 0.6) is 0 Å². The summed E-state index contributed by atoms with van der Waals surface area (Å²) in [6.07, 6.45) is -0.240. The number of nitrogens with two attached hydrogens (primary N) is 2. The van der Waals surface area contributed by atoms with E-state index in [0.29, 0.717) is 19.0 Å². The average Bonchev–Trinajstić information content (AvgIpc) is 3.21. The maximum Gasteiger partial charge on any atom is 0.469 e. The van der Waals surface area contributed by atoms with Gasteiger partial charge in [0.15, 0.2) is 23.2 Å². The fraction of sp³-hybridized carbons (Fsp3) is 0.688. The van der Waals surface area contributed by atoms with E-state index >= 15 is 0 Å². The van der Waals surface area contributed by atoms with Gasteiger partial charge in [-0.3, -0.25) is 9.09 Å². The molecule has 0 saturated carbocycles. The summed E-state index contributed by atoms with van der Waals surface area (Å²) in [5.74, 6) is 0.429. The van der Waals surface area contributed by atoms with E-state index in [1.165, 1.54) is 10.9 Å². The van der Waals surface area contributed by atoms with E-state index in [2.05, 4.69) is 24.8 Å². The van der Waals surface area contributed by atoms with Crippen molar-refractivity contribution in [2.75, 3.05) is 30.7 Å². The first-order chi connectivity index (χ1) is 14.7. The second-order valence-electron chi connectivity index (χ2n) is 7.20. The van der Waals surface area contributed by atoms with Crippen molar-refractivity contribution in [1.29, 1.82) is 0 Å². The van der Waals surface area contributed by atoms with Gasteiger partial charge in [-0.25, -0.2) is 19.5 Å². The Bertz CT molecular complexity index is 923. The second kappa shape index (κ2) is 10.1. The van der Waals surface area contributed by atoms with Crippen molar-refractivity contribution < 1.29 is 33.8 Å². The van der Waals surface area contributed by atoms with Crippen LogP contribution in [-0.4, -0.2) is 77.5 Å². The summed E-state index contributed by atoms with van der Waals surface area (Å²) in [7, 11) is -4.78. The van der Waals surface area contributed by atoms with Crippen LogP contribution in [0, 0.1) is 0 Å². The number of ether oxygens (including phenoxy) is 1. The van der Waals surface area contributed by atoms with Gasteiger partial charge in [0.25, 0.3) is 0 Å². The van der Waals surface area contributed by atoms with Crippen molar-refractivity contribution in [2.24, 2.45) is 5.73 Å². The van der Waals surface area contributed by atoms with Crippen molar-refractivity contribution in [3.8, 4) is 0 Å². The minimum absolute atomic E-state index is 0.129. The highest BCUT2D eigenvalue weighted by Crippen LogP contribution is 2.39. The molecule has 1 aliphatic heterocycles. The maximum atomic E-state index is 11.0. The number of anilines is 2. The van der Waals surface area contributed by atoms with E-state index in [4.69, 9.17) is 26.0 Å². The molecule has 174 valence electrons. The summed E-state index contributed by atoms with van der Waals surface area (Å²) >= 11 is 0. The lowest BCUT2D eigenvalue weighted by molar-refractivity contribution is -0.0494. The summed E-state index contributed by atoms with van der Waals surface area (Å²) in [6.45, 7) is 0.595. The third-order valence-electron chi connectivity index (χ3n) is 4.92. The van der Waals surface area contributed by atoms with Gasteiger partial charge in [-0.15, -0.1) is 0 Å². The van der Waals surface area contributed by atoms with Gasteiger partial charge in [0.1, 0.15) is 24.6 Å². The molecule has 2 aromatic heterocycles. The largest absolute Gasteiger partial charge is 0.469 e. The van der Waals surface area contributed by atoms with Gasteiger partial charge in [0.2, 0.25) is 5.95 Å². The van der Waals surface area contributed by atoms with Crippen LogP contribution >= 0.6 is 7.82 Å². The molecule has 1 fully saturated rings. The first kappa shape index (κ1) is 23.8. The molecule has 1 aliphatic rings. The Morgan fingerprint density at radius 2 is 1.94 bits per heavy atom. The Morgan fingerprint density at radius 3 is 2.65 bits per heavy atom. The molecular formula is C16H28N7O7P. The molecule has 2 aromatic rings. The number of aliphatic hydroxyl groups excluding tert-OH is 2. The number of nitrogens with zero attached hydrogens (tertiary/aromatic N) is 4. The summed E-state index contributed by atoms with van der Waals surface area (Å²) < 4.78 is 22.5. The molecule has 3 rings (SSSR count). The zero-order chi connectivity index (χ0) is 22.6. The van der Waals surface area contributed by atoms with Crippen LogP contribution in [0.2, 0.25) is 0 Å². The predicted octanol–water partition coefficient (Wildman–Crippen LogP) is -0.932. The number of rotatable bonds is 11. The monoisotopic (exact) mass is 461 g/mol. The Morgan fingerprint density at radius 1 is 1.19 bits per heavy atom. The number of phosphoric ester groups is 1. The smallest absolute Gasteiger partial charge is 0.387 e. The normalized spacial score (nSPS) is 24.2. The number of hydrogen-bond donors (Lipinski definition) is 7. The van der Waals surface area contributed by atoms with Crippen molar-refractivity contribution in [1.82, 2.24) is 19.5 Å². The average molecular weight is 461 g/mol. The summed E-state index contributed by atoms with van der Waals surface area (Å²) in [5, 5.41) is 24.0. The van der Waals surface area contributed by atoms with E-state index in [1.807, 2.05) is 0 Å². The quantitative estimate of drug-likeness (QED) is 0.159. The van der Waals surface area contributed by atoms with E-state index in [1.54, 1.807) is 0 Å². The van der Waals surface area contributed by atoms with Crippen molar-refractivity contribution in [3.63, 3.8) is 0 Å². The van der Waals surface area contributed by atoms with E-state index in [0.717, 1.165) is 25.7 Å². The summed E-state index contributed by atoms with van der Waals surface area (Å²) in [4.78, 5) is 30.3. The SMILES string of the molecule is NCCCCCCNc1nc2c(N)ncnc2n1C1OC(COP(=O)(O)O)C(O)C1O. The molecule has 0 aromatic carbocycles. The van der Waals surface area contributed by atoms with Crippen molar-refractivity contribution >= 4 is 30.8 Å². The number of fused-ring (bicyclic) bond motifs is 1. The lowest BCUT2D eigenvalue weighted by Crippen LogP contribution is -2.33. The van der Waals surface area contributed by atoms with Crippen LogP contribution in [0.25, 0.3) is 11.2 Å². The van der Waals surface area contributed by atoms with Gasteiger partial charge in [-0.2, -0.15) is 0 Å². The van der Waals surface area contributed by atoms with E-state index < -0.39 is 39.0 Å². The third kappa shape index (κ3) is 5.67. The fourth-order valence-electron chi connectivity index (χ4n) is 3.37. The first-order valence-corrected chi connectivity index (χ1v) is 11.4.